The summed E-state index contributed by atoms with van der Waals surface area (Å²) in [6, 6.07) is 0.295. The fourth-order valence-electron chi connectivity index (χ4n) is 2.03. The summed E-state index contributed by atoms with van der Waals surface area (Å²) in [4.78, 5) is 0. The number of hydrogen-bond acceptors (Lipinski definition) is 3. The van der Waals surface area contributed by atoms with Gasteiger partial charge in [0, 0.05) is 7.05 Å². The predicted molar refractivity (Wildman–Crippen MR) is 83.0 cm³/mol. The van der Waals surface area contributed by atoms with Gasteiger partial charge < -0.3 is 5.32 Å². The van der Waals surface area contributed by atoms with Gasteiger partial charge in [-0.3, -0.25) is 0 Å². The Hall–Kier alpha value is -0.420. The quantitative estimate of drug-likeness (QED) is 0.864. The molecule has 1 aromatic heterocycles. The Morgan fingerprint density at radius 1 is 1.37 bits per heavy atom. The number of aryl methyl sites for hydroxylation is 1. The van der Waals surface area contributed by atoms with E-state index in [0.717, 1.165) is 29.7 Å². The molecule has 0 saturated carbocycles. The minimum absolute atomic E-state index is 0.295. The Kier molecular flexibility index (Phi) is 5.99. The minimum Gasteiger partial charge on any atom is -0.309 e. The van der Waals surface area contributed by atoms with Crippen molar-refractivity contribution >= 4 is 15.9 Å². The van der Waals surface area contributed by atoms with E-state index in [4.69, 9.17) is 0 Å². The minimum atomic E-state index is 0.295. The van der Waals surface area contributed by atoms with Gasteiger partial charge >= 0.3 is 0 Å². The van der Waals surface area contributed by atoms with Crippen LogP contribution < -0.4 is 5.32 Å². The van der Waals surface area contributed by atoms with Gasteiger partial charge in [0.05, 0.1) is 11.7 Å². The summed E-state index contributed by atoms with van der Waals surface area (Å²) < 4.78 is 2.72. The molecule has 1 rings (SSSR count). The van der Waals surface area contributed by atoms with Crippen LogP contribution in [0.4, 0.5) is 0 Å². The van der Waals surface area contributed by atoms with Gasteiger partial charge in [0.15, 0.2) is 4.60 Å². The molecule has 0 saturated heterocycles. The van der Waals surface area contributed by atoms with E-state index in [2.05, 4.69) is 66.2 Å². The number of rotatable bonds is 6. The van der Waals surface area contributed by atoms with Crippen LogP contribution in [0.3, 0.4) is 0 Å². The molecule has 0 radical (unpaired) electrons. The molecule has 2 unspecified atom stereocenters. The second-order valence-corrected chi connectivity index (χ2v) is 7.15. The second kappa shape index (κ2) is 6.84. The Morgan fingerprint density at radius 2 is 2.00 bits per heavy atom. The molecular weight excluding hydrogens is 304 g/mol. The number of aromatic nitrogens is 3. The number of hydrogen-bond donors (Lipinski definition) is 1. The third-order valence-electron chi connectivity index (χ3n) is 3.87. The lowest BCUT2D eigenvalue weighted by atomic mass is 9.78. The molecule has 0 aliphatic rings. The molecule has 19 heavy (non-hydrogen) atoms. The first-order chi connectivity index (χ1) is 8.77. The van der Waals surface area contributed by atoms with E-state index in [0.29, 0.717) is 17.4 Å². The molecule has 110 valence electrons. The van der Waals surface area contributed by atoms with Crippen molar-refractivity contribution in [2.24, 2.45) is 18.4 Å². The van der Waals surface area contributed by atoms with Gasteiger partial charge in [-0.1, -0.05) is 39.8 Å². The summed E-state index contributed by atoms with van der Waals surface area (Å²) in [7, 11) is 1.95. The topological polar surface area (TPSA) is 42.7 Å². The van der Waals surface area contributed by atoms with Crippen molar-refractivity contribution in [3.8, 4) is 0 Å². The van der Waals surface area contributed by atoms with Gasteiger partial charge in [-0.15, -0.1) is 5.10 Å². The van der Waals surface area contributed by atoms with Crippen LogP contribution in [0.1, 0.15) is 59.2 Å². The highest BCUT2D eigenvalue weighted by atomic mass is 79.9. The van der Waals surface area contributed by atoms with E-state index >= 15 is 0 Å². The van der Waals surface area contributed by atoms with Crippen LogP contribution in [-0.4, -0.2) is 21.5 Å². The lowest BCUT2D eigenvalue weighted by Gasteiger charge is -2.31. The zero-order valence-electron chi connectivity index (χ0n) is 13.0. The Balaban J connectivity index is 2.90. The van der Waals surface area contributed by atoms with Crippen molar-refractivity contribution in [1.82, 2.24) is 20.3 Å². The average Bonchev–Trinajstić information content (AvgIpc) is 2.63. The normalized spacial score (nSPS) is 15.5. The molecule has 0 aliphatic heterocycles. The lowest BCUT2D eigenvalue weighted by Crippen LogP contribution is -2.29. The molecule has 0 aliphatic carbocycles. The van der Waals surface area contributed by atoms with Gasteiger partial charge in [-0.25, -0.2) is 4.68 Å². The summed E-state index contributed by atoms with van der Waals surface area (Å²) in [6.45, 7) is 12.4. The molecular formula is C14H27BrN4. The first kappa shape index (κ1) is 16.6. The van der Waals surface area contributed by atoms with Gasteiger partial charge in [0.25, 0.3) is 0 Å². The standard InChI is InChI=1S/C14H27BrN4/c1-7-8-16-11(9-10(2)14(3,4)5)12-13(15)17-18-19(12)6/h10-11,16H,7-9H2,1-6H3. The van der Waals surface area contributed by atoms with Crippen LogP contribution in [0.25, 0.3) is 0 Å². The fraction of sp³-hybridized carbons (Fsp3) is 0.857. The van der Waals surface area contributed by atoms with E-state index in [9.17, 15) is 0 Å². The zero-order valence-corrected chi connectivity index (χ0v) is 14.6. The lowest BCUT2D eigenvalue weighted by molar-refractivity contribution is 0.220. The number of halogens is 1. The van der Waals surface area contributed by atoms with Crippen molar-refractivity contribution in [2.75, 3.05) is 6.54 Å². The molecule has 0 bridgehead atoms. The summed E-state index contributed by atoms with van der Waals surface area (Å²) >= 11 is 3.52. The monoisotopic (exact) mass is 330 g/mol. The molecule has 4 nitrogen and oxygen atoms in total. The van der Waals surface area contributed by atoms with Crippen molar-refractivity contribution < 1.29 is 0 Å². The first-order valence-electron chi connectivity index (χ1n) is 7.05. The van der Waals surface area contributed by atoms with Gasteiger partial charge in [-0.05, 0) is 46.6 Å². The van der Waals surface area contributed by atoms with E-state index in [-0.39, 0.29) is 0 Å². The molecule has 1 heterocycles. The molecule has 0 fully saturated rings. The summed E-state index contributed by atoms with van der Waals surface area (Å²) in [6.07, 6.45) is 2.21. The van der Waals surface area contributed by atoms with E-state index in [1.807, 2.05) is 11.7 Å². The van der Waals surface area contributed by atoms with E-state index < -0.39 is 0 Å². The molecule has 5 heteroatoms. The van der Waals surface area contributed by atoms with Crippen molar-refractivity contribution in [3.63, 3.8) is 0 Å². The molecule has 0 aromatic carbocycles. The largest absolute Gasteiger partial charge is 0.309 e. The average molecular weight is 331 g/mol. The van der Waals surface area contributed by atoms with Gasteiger partial charge in [0.2, 0.25) is 0 Å². The van der Waals surface area contributed by atoms with Crippen molar-refractivity contribution in [1.29, 1.82) is 0 Å². The maximum atomic E-state index is 4.10. The van der Waals surface area contributed by atoms with Crippen molar-refractivity contribution in [2.45, 2.75) is 53.5 Å². The Bertz CT molecular complexity index is 375. The smallest absolute Gasteiger partial charge is 0.153 e. The highest BCUT2D eigenvalue weighted by molar-refractivity contribution is 9.10. The van der Waals surface area contributed by atoms with Gasteiger partial charge in [0.1, 0.15) is 0 Å². The Morgan fingerprint density at radius 3 is 2.42 bits per heavy atom. The number of nitrogens with zero attached hydrogens (tertiary/aromatic N) is 3. The van der Waals surface area contributed by atoms with E-state index in [1.54, 1.807) is 0 Å². The molecule has 1 aromatic rings. The second-order valence-electron chi connectivity index (χ2n) is 6.40. The molecule has 0 amide bonds. The SMILES string of the molecule is CCCNC(CC(C)C(C)(C)C)c1c(Br)nnn1C. The summed E-state index contributed by atoms with van der Waals surface area (Å²) in [5, 5.41) is 11.8. The third-order valence-corrected chi connectivity index (χ3v) is 4.43. The van der Waals surface area contributed by atoms with Crippen LogP contribution in [0.5, 0.6) is 0 Å². The predicted octanol–water partition coefficient (Wildman–Crippen LogP) is 3.69. The summed E-state index contributed by atoms with van der Waals surface area (Å²) in [5.74, 6) is 0.614. The van der Waals surface area contributed by atoms with Crippen LogP contribution in [0, 0.1) is 11.3 Å². The molecule has 1 N–H and O–H groups in total. The van der Waals surface area contributed by atoms with Gasteiger partial charge in [-0.2, -0.15) is 0 Å². The summed E-state index contributed by atoms with van der Waals surface area (Å²) in [5.41, 5.74) is 1.45. The number of nitrogens with one attached hydrogen (secondary N) is 1. The van der Waals surface area contributed by atoms with Crippen LogP contribution in [0.2, 0.25) is 0 Å². The highest BCUT2D eigenvalue weighted by Crippen LogP contribution is 2.34. The maximum Gasteiger partial charge on any atom is 0.153 e. The van der Waals surface area contributed by atoms with Crippen LogP contribution in [-0.2, 0) is 7.05 Å². The van der Waals surface area contributed by atoms with Crippen LogP contribution in [0.15, 0.2) is 4.60 Å². The molecule has 2 atom stereocenters. The first-order valence-corrected chi connectivity index (χ1v) is 7.85. The molecule has 0 spiro atoms. The highest BCUT2D eigenvalue weighted by Gasteiger charge is 2.27. The van der Waals surface area contributed by atoms with Crippen molar-refractivity contribution in [3.05, 3.63) is 10.3 Å². The maximum absolute atomic E-state index is 4.10. The Labute approximate surface area is 125 Å². The fourth-order valence-corrected chi connectivity index (χ4v) is 2.63. The van der Waals surface area contributed by atoms with Crippen LogP contribution >= 0.6 is 15.9 Å². The van der Waals surface area contributed by atoms with E-state index in [1.165, 1.54) is 0 Å². The zero-order chi connectivity index (χ0) is 14.6. The third kappa shape index (κ3) is 4.56.